The maximum absolute atomic E-state index is 13.2. The van der Waals surface area contributed by atoms with Crippen LogP contribution in [0.15, 0.2) is 54.9 Å². The minimum Gasteiger partial charge on any atom is -0.348 e. The molecule has 116 valence electrons. The number of hydrogen-bond acceptors (Lipinski definition) is 3. The zero-order valence-corrected chi connectivity index (χ0v) is 12.8. The smallest absolute Gasteiger partial charge is 0.222 e. The third-order valence-electron chi connectivity index (χ3n) is 4.37. The predicted molar refractivity (Wildman–Crippen MR) is 86.7 cm³/mol. The summed E-state index contributed by atoms with van der Waals surface area (Å²) in [6, 6.07) is 15.3. The van der Waals surface area contributed by atoms with Crippen molar-refractivity contribution in [3.63, 3.8) is 0 Å². The van der Waals surface area contributed by atoms with E-state index in [0.29, 0.717) is 0 Å². The molecule has 0 spiro atoms. The molecule has 0 saturated heterocycles. The highest BCUT2D eigenvalue weighted by Gasteiger charge is 2.29. The van der Waals surface area contributed by atoms with E-state index in [1.165, 1.54) is 23.3 Å². The highest BCUT2D eigenvalue weighted by molar-refractivity contribution is 5.38. The van der Waals surface area contributed by atoms with Gasteiger partial charge in [0.25, 0.3) is 0 Å². The van der Waals surface area contributed by atoms with E-state index in [-0.39, 0.29) is 17.9 Å². The summed E-state index contributed by atoms with van der Waals surface area (Å²) in [7, 11) is 0. The average Bonchev–Trinajstić information content (AvgIpc) is 3.04. The molecule has 1 N–H and O–H groups in total. The van der Waals surface area contributed by atoms with Gasteiger partial charge in [-0.3, -0.25) is 0 Å². The van der Waals surface area contributed by atoms with E-state index in [9.17, 15) is 4.39 Å². The summed E-state index contributed by atoms with van der Waals surface area (Å²) >= 11 is 0. The van der Waals surface area contributed by atoms with E-state index in [1.807, 2.05) is 16.8 Å². The topological polar surface area (TPSA) is 42.7 Å². The Morgan fingerprint density at radius 1 is 1.04 bits per heavy atom. The second kappa shape index (κ2) is 5.50. The fourth-order valence-corrected chi connectivity index (χ4v) is 3.10. The van der Waals surface area contributed by atoms with Crippen molar-refractivity contribution < 1.29 is 4.39 Å². The molecule has 2 heterocycles. The largest absolute Gasteiger partial charge is 0.348 e. The molecule has 0 unspecified atom stereocenters. The molecule has 4 rings (SSSR count). The van der Waals surface area contributed by atoms with Crippen molar-refractivity contribution in [1.82, 2.24) is 14.8 Å². The van der Waals surface area contributed by atoms with Gasteiger partial charge in [0, 0.05) is 0 Å². The fraction of sp³-hybridized carbons (Fsp3) is 0.222. The summed E-state index contributed by atoms with van der Waals surface area (Å²) in [5.74, 6) is 0.527. The number of halogens is 1. The summed E-state index contributed by atoms with van der Waals surface area (Å²) in [5, 5.41) is 7.75. The number of aromatic nitrogens is 3. The van der Waals surface area contributed by atoms with Crippen LogP contribution in [0.3, 0.4) is 0 Å². The highest BCUT2D eigenvalue weighted by Crippen LogP contribution is 2.37. The lowest BCUT2D eigenvalue weighted by molar-refractivity contribution is 0.430. The van der Waals surface area contributed by atoms with Gasteiger partial charge in [-0.05, 0) is 36.6 Å². The molecule has 0 radical (unpaired) electrons. The third-order valence-corrected chi connectivity index (χ3v) is 4.37. The normalized spacial score (nSPS) is 19.9. The van der Waals surface area contributed by atoms with Gasteiger partial charge in [0.05, 0.1) is 12.1 Å². The first kappa shape index (κ1) is 13.9. The maximum Gasteiger partial charge on any atom is 0.222 e. The van der Waals surface area contributed by atoms with Gasteiger partial charge in [-0.1, -0.05) is 42.0 Å². The lowest BCUT2D eigenvalue weighted by Crippen LogP contribution is -2.28. The zero-order valence-electron chi connectivity index (χ0n) is 12.8. The lowest BCUT2D eigenvalue weighted by atomic mass is 9.93. The van der Waals surface area contributed by atoms with Gasteiger partial charge >= 0.3 is 0 Å². The van der Waals surface area contributed by atoms with E-state index in [0.717, 1.165) is 17.9 Å². The van der Waals surface area contributed by atoms with Gasteiger partial charge < -0.3 is 5.32 Å². The van der Waals surface area contributed by atoms with Crippen molar-refractivity contribution in [2.24, 2.45) is 0 Å². The zero-order chi connectivity index (χ0) is 15.8. The first-order valence-electron chi connectivity index (χ1n) is 7.69. The Morgan fingerprint density at radius 3 is 2.48 bits per heavy atom. The van der Waals surface area contributed by atoms with E-state index < -0.39 is 0 Å². The molecule has 0 amide bonds. The number of benzene rings is 2. The first-order valence-corrected chi connectivity index (χ1v) is 7.69. The molecular formula is C18H17FN4. The second-order valence-electron chi connectivity index (χ2n) is 5.94. The Kier molecular flexibility index (Phi) is 3.33. The number of nitrogens with one attached hydrogen (secondary N) is 1. The van der Waals surface area contributed by atoms with Crippen LogP contribution < -0.4 is 5.32 Å². The van der Waals surface area contributed by atoms with Gasteiger partial charge in [0.15, 0.2) is 0 Å². The van der Waals surface area contributed by atoms with Gasteiger partial charge in [-0.2, -0.15) is 10.1 Å². The Labute approximate surface area is 134 Å². The quantitative estimate of drug-likeness (QED) is 0.781. The first-order chi connectivity index (χ1) is 11.2. The molecule has 1 aliphatic heterocycles. The van der Waals surface area contributed by atoms with Crippen LogP contribution >= 0.6 is 0 Å². The fourth-order valence-electron chi connectivity index (χ4n) is 3.10. The molecule has 2 atom stereocenters. The molecule has 23 heavy (non-hydrogen) atoms. The van der Waals surface area contributed by atoms with Crippen molar-refractivity contribution >= 4 is 5.95 Å². The lowest BCUT2D eigenvalue weighted by Gasteiger charge is -2.31. The number of fused-ring (bicyclic) bond motifs is 1. The second-order valence-corrected chi connectivity index (χ2v) is 5.94. The van der Waals surface area contributed by atoms with Crippen molar-refractivity contribution in [3.05, 3.63) is 77.4 Å². The molecule has 0 aliphatic carbocycles. The summed E-state index contributed by atoms with van der Waals surface area (Å²) in [6.07, 6.45) is 2.40. The van der Waals surface area contributed by atoms with E-state index in [2.05, 4.69) is 46.6 Å². The Morgan fingerprint density at radius 2 is 1.74 bits per heavy atom. The predicted octanol–water partition coefficient (Wildman–Crippen LogP) is 3.87. The van der Waals surface area contributed by atoms with Crippen molar-refractivity contribution in [3.8, 4) is 0 Å². The van der Waals surface area contributed by atoms with Crippen LogP contribution in [0.4, 0.5) is 10.3 Å². The molecule has 4 nitrogen and oxygen atoms in total. The number of anilines is 1. The molecule has 5 heteroatoms. The van der Waals surface area contributed by atoms with Gasteiger partial charge in [-0.25, -0.2) is 9.07 Å². The number of nitrogens with zero attached hydrogens (tertiary/aromatic N) is 3. The Bertz CT molecular complexity index is 808. The molecule has 2 aromatic carbocycles. The maximum atomic E-state index is 13.2. The monoisotopic (exact) mass is 308 g/mol. The van der Waals surface area contributed by atoms with Gasteiger partial charge in [0.2, 0.25) is 5.95 Å². The molecular weight excluding hydrogens is 291 g/mol. The number of hydrogen-bond donors (Lipinski definition) is 1. The molecule has 3 aromatic rings. The van der Waals surface area contributed by atoms with E-state index >= 15 is 0 Å². The Hall–Kier alpha value is -2.69. The van der Waals surface area contributed by atoms with Crippen LogP contribution in [-0.2, 0) is 0 Å². The summed E-state index contributed by atoms with van der Waals surface area (Å²) < 4.78 is 15.1. The summed E-state index contributed by atoms with van der Waals surface area (Å²) in [4.78, 5) is 4.31. The van der Waals surface area contributed by atoms with Crippen LogP contribution in [0.2, 0.25) is 0 Å². The van der Waals surface area contributed by atoms with E-state index in [1.54, 1.807) is 6.33 Å². The van der Waals surface area contributed by atoms with Gasteiger partial charge in [0.1, 0.15) is 12.1 Å². The summed E-state index contributed by atoms with van der Waals surface area (Å²) in [5.41, 5.74) is 3.49. The SMILES string of the molecule is Cc1ccc([C@@H]2C[C@@H](c3ccc(F)cc3)Nc3ncnn32)cc1. The van der Waals surface area contributed by atoms with E-state index in [4.69, 9.17) is 0 Å². The minimum absolute atomic E-state index is 0.0820. The van der Waals surface area contributed by atoms with Crippen LogP contribution in [0.5, 0.6) is 0 Å². The van der Waals surface area contributed by atoms with Crippen LogP contribution in [0.25, 0.3) is 0 Å². The van der Waals surface area contributed by atoms with Crippen molar-refractivity contribution in [1.29, 1.82) is 0 Å². The molecule has 1 aromatic heterocycles. The molecule has 0 fully saturated rings. The number of aryl methyl sites for hydroxylation is 1. The van der Waals surface area contributed by atoms with Crippen molar-refractivity contribution in [2.75, 3.05) is 5.32 Å². The molecule has 0 saturated carbocycles. The molecule has 1 aliphatic rings. The standard InChI is InChI=1S/C18H17FN4/c1-12-2-4-14(5-3-12)17-10-16(13-6-8-15(19)9-7-13)22-18-20-11-21-23(17)18/h2-9,11,16-17H,10H2,1H3,(H,20,21,22)/t16-,17-/m0/s1. The average molecular weight is 308 g/mol. The van der Waals surface area contributed by atoms with Crippen LogP contribution in [0, 0.1) is 12.7 Å². The van der Waals surface area contributed by atoms with Crippen molar-refractivity contribution in [2.45, 2.75) is 25.4 Å². The van der Waals surface area contributed by atoms with Crippen LogP contribution in [-0.4, -0.2) is 14.8 Å². The summed E-state index contributed by atoms with van der Waals surface area (Å²) in [6.45, 7) is 2.08. The van der Waals surface area contributed by atoms with Gasteiger partial charge in [-0.15, -0.1) is 0 Å². The van der Waals surface area contributed by atoms with Crippen LogP contribution in [0.1, 0.15) is 35.2 Å². The Balaban J connectivity index is 1.71. The minimum atomic E-state index is -0.220. The molecule has 0 bridgehead atoms. The highest BCUT2D eigenvalue weighted by atomic mass is 19.1. The third kappa shape index (κ3) is 2.59. The number of rotatable bonds is 2.